The third kappa shape index (κ3) is 32.2. The van der Waals surface area contributed by atoms with Crippen molar-refractivity contribution in [1.29, 1.82) is 0 Å². The van der Waals surface area contributed by atoms with Gasteiger partial charge in [0.1, 0.15) is 13.1 Å². The molecule has 0 aromatic rings. The summed E-state index contributed by atoms with van der Waals surface area (Å²) in [6, 6.07) is 0. The van der Waals surface area contributed by atoms with Crippen LogP contribution in [0.25, 0.3) is 0 Å². The first-order chi connectivity index (χ1) is 22.7. The molecule has 0 heterocycles. The fourth-order valence-corrected chi connectivity index (χ4v) is 6.89. The summed E-state index contributed by atoms with van der Waals surface area (Å²) in [6.45, 7) is 5.02. The number of unbranched alkanes of at least 4 members (excludes halogenated alkanes) is 28. The maximum absolute atomic E-state index is 12.6. The van der Waals surface area contributed by atoms with Crippen molar-refractivity contribution in [2.75, 3.05) is 27.2 Å². The number of hydrogen-bond donors (Lipinski definition) is 2. The number of aliphatic hydroxyl groups is 2. The summed E-state index contributed by atoms with van der Waals surface area (Å²) in [4.78, 5) is 25.1. The lowest BCUT2D eigenvalue weighted by Gasteiger charge is -2.33. The summed E-state index contributed by atoms with van der Waals surface area (Å²) >= 11 is 0. The van der Waals surface area contributed by atoms with Gasteiger partial charge in [0.15, 0.2) is 23.8 Å². The van der Waals surface area contributed by atoms with Crippen molar-refractivity contribution in [3.63, 3.8) is 0 Å². The number of nitrogens with zero attached hydrogens (tertiary/aromatic N) is 1. The van der Waals surface area contributed by atoms with Crippen LogP contribution in [-0.2, 0) is 9.59 Å². The minimum absolute atomic E-state index is 0.107. The molecular formula is C42H84NO4+. The lowest BCUT2D eigenvalue weighted by atomic mass is 10.0. The van der Waals surface area contributed by atoms with Gasteiger partial charge in [-0.2, -0.15) is 0 Å². The second-order valence-electron chi connectivity index (χ2n) is 15.7. The summed E-state index contributed by atoms with van der Waals surface area (Å²) < 4.78 is 0.261. The Morgan fingerprint density at radius 3 is 0.787 bits per heavy atom. The molecular weight excluding hydrogens is 582 g/mol. The fraction of sp³-hybridized carbons (Fsp3) is 0.952. The van der Waals surface area contributed by atoms with Crippen LogP contribution < -0.4 is 0 Å². The van der Waals surface area contributed by atoms with Gasteiger partial charge in [-0.15, -0.1) is 0 Å². The SMILES string of the molecule is CCCCCCCCCCCCCCCCCC(=O)C(O)C[N+](C)(C)CC(O)C(=O)CCCCCCCCCCCCCCCCC. The Morgan fingerprint density at radius 1 is 0.383 bits per heavy atom. The second kappa shape index (κ2) is 33.7. The molecule has 0 aliphatic rings. The van der Waals surface area contributed by atoms with Gasteiger partial charge in [0, 0.05) is 12.8 Å². The van der Waals surface area contributed by atoms with E-state index in [2.05, 4.69) is 13.8 Å². The van der Waals surface area contributed by atoms with Crippen LogP contribution in [0.1, 0.15) is 219 Å². The van der Waals surface area contributed by atoms with Crippen LogP contribution in [-0.4, -0.2) is 65.7 Å². The number of aliphatic hydroxyl groups excluding tert-OH is 2. The molecule has 5 heteroatoms. The Labute approximate surface area is 294 Å². The van der Waals surface area contributed by atoms with Crippen molar-refractivity contribution >= 4 is 11.6 Å². The van der Waals surface area contributed by atoms with Gasteiger partial charge in [0.2, 0.25) is 0 Å². The second-order valence-corrected chi connectivity index (χ2v) is 15.7. The normalized spacial score (nSPS) is 13.2. The topological polar surface area (TPSA) is 74.6 Å². The summed E-state index contributed by atoms with van der Waals surface area (Å²) in [5, 5.41) is 21.1. The highest BCUT2D eigenvalue weighted by molar-refractivity contribution is 5.83. The van der Waals surface area contributed by atoms with Gasteiger partial charge in [-0.1, -0.05) is 194 Å². The number of carbonyl (C=O) groups excluding carboxylic acids is 2. The Bertz CT molecular complexity index is 638. The van der Waals surface area contributed by atoms with Crippen molar-refractivity contribution in [3.05, 3.63) is 0 Å². The first kappa shape index (κ1) is 46.2. The zero-order valence-corrected chi connectivity index (χ0v) is 32.4. The highest BCUT2D eigenvalue weighted by Gasteiger charge is 2.30. The molecule has 2 atom stereocenters. The highest BCUT2D eigenvalue weighted by atomic mass is 16.3. The molecule has 0 aliphatic carbocycles. The molecule has 0 aromatic heterocycles. The molecule has 0 aliphatic heterocycles. The Morgan fingerprint density at radius 2 is 0.574 bits per heavy atom. The largest absolute Gasteiger partial charge is 0.380 e. The molecule has 5 nitrogen and oxygen atoms in total. The monoisotopic (exact) mass is 667 g/mol. The number of rotatable bonds is 38. The minimum Gasteiger partial charge on any atom is -0.380 e. The van der Waals surface area contributed by atoms with E-state index in [0.29, 0.717) is 12.8 Å². The van der Waals surface area contributed by atoms with Crippen LogP contribution in [0.5, 0.6) is 0 Å². The van der Waals surface area contributed by atoms with Gasteiger partial charge in [0.05, 0.1) is 14.1 Å². The average Bonchev–Trinajstić information content (AvgIpc) is 3.03. The van der Waals surface area contributed by atoms with Crippen LogP contribution in [0.15, 0.2) is 0 Å². The van der Waals surface area contributed by atoms with Crippen molar-refractivity contribution in [3.8, 4) is 0 Å². The van der Waals surface area contributed by atoms with Crippen molar-refractivity contribution in [2.45, 2.75) is 232 Å². The summed E-state index contributed by atoms with van der Waals surface area (Å²) in [5.74, 6) is -0.214. The van der Waals surface area contributed by atoms with E-state index < -0.39 is 12.2 Å². The maximum atomic E-state index is 12.6. The van der Waals surface area contributed by atoms with Crippen LogP contribution in [0.4, 0.5) is 0 Å². The summed E-state index contributed by atoms with van der Waals surface area (Å²) in [6.07, 6.45) is 37.5. The summed E-state index contributed by atoms with van der Waals surface area (Å²) in [5.41, 5.74) is 0. The third-order valence-electron chi connectivity index (χ3n) is 10.1. The molecule has 2 N–H and O–H groups in total. The molecule has 0 spiro atoms. The first-order valence-corrected chi connectivity index (χ1v) is 21.0. The molecule has 0 amide bonds. The molecule has 0 saturated carbocycles. The molecule has 0 bridgehead atoms. The fourth-order valence-electron chi connectivity index (χ4n) is 6.89. The molecule has 0 fully saturated rings. The first-order valence-electron chi connectivity index (χ1n) is 21.0. The number of ketones is 2. The van der Waals surface area contributed by atoms with E-state index in [0.717, 1.165) is 38.5 Å². The quantitative estimate of drug-likeness (QED) is 0.0508. The number of carbonyl (C=O) groups is 2. The highest BCUT2D eigenvalue weighted by Crippen LogP contribution is 2.16. The van der Waals surface area contributed by atoms with Crippen LogP contribution in [0.2, 0.25) is 0 Å². The van der Waals surface area contributed by atoms with Gasteiger partial charge in [-0.05, 0) is 12.8 Å². The van der Waals surface area contributed by atoms with E-state index in [-0.39, 0.29) is 29.1 Å². The molecule has 47 heavy (non-hydrogen) atoms. The predicted molar refractivity (Wildman–Crippen MR) is 203 cm³/mol. The van der Waals surface area contributed by atoms with Gasteiger partial charge < -0.3 is 14.7 Å². The molecule has 2 unspecified atom stereocenters. The number of hydrogen-bond acceptors (Lipinski definition) is 4. The van der Waals surface area contributed by atoms with Crippen molar-refractivity contribution in [2.24, 2.45) is 0 Å². The van der Waals surface area contributed by atoms with E-state index in [9.17, 15) is 19.8 Å². The molecule has 0 rings (SSSR count). The van der Waals surface area contributed by atoms with Crippen LogP contribution in [0.3, 0.4) is 0 Å². The van der Waals surface area contributed by atoms with Gasteiger partial charge in [-0.3, -0.25) is 9.59 Å². The number of quaternary nitrogens is 1. The number of likely N-dealkylation sites (N-methyl/N-ethyl adjacent to an activating group) is 1. The zero-order chi connectivity index (χ0) is 34.9. The van der Waals surface area contributed by atoms with E-state index in [1.165, 1.54) is 154 Å². The van der Waals surface area contributed by atoms with Gasteiger partial charge in [-0.25, -0.2) is 0 Å². The predicted octanol–water partition coefficient (Wildman–Crippen LogP) is 11.4. The minimum atomic E-state index is -1.03. The smallest absolute Gasteiger partial charge is 0.167 e. The van der Waals surface area contributed by atoms with Crippen molar-refractivity contribution < 1.29 is 24.3 Å². The molecule has 0 saturated heterocycles. The standard InChI is InChI=1S/C42H84NO4/c1-5-7-9-11-13-15-17-19-21-23-25-27-29-31-33-35-39(44)41(46)37-43(3,4)38-42(47)40(45)36-34-32-30-28-26-24-22-20-18-16-14-12-10-8-6-2/h41-42,46-47H,5-38H2,1-4H3/q+1. The van der Waals surface area contributed by atoms with E-state index in [1.54, 1.807) is 0 Å². The van der Waals surface area contributed by atoms with E-state index in [1.807, 2.05) is 14.1 Å². The Hall–Kier alpha value is -0.780. The zero-order valence-electron chi connectivity index (χ0n) is 32.4. The average molecular weight is 667 g/mol. The lowest BCUT2D eigenvalue weighted by molar-refractivity contribution is -0.894. The Kier molecular flexibility index (Phi) is 33.1. The van der Waals surface area contributed by atoms with E-state index in [4.69, 9.17) is 0 Å². The van der Waals surface area contributed by atoms with Crippen molar-refractivity contribution in [1.82, 2.24) is 0 Å². The molecule has 280 valence electrons. The van der Waals surface area contributed by atoms with Crippen LogP contribution in [0, 0.1) is 0 Å². The van der Waals surface area contributed by atoms with Gasteiger partial charge in [0.25, 0.3) is 0 Å². The van der Waals surface area contributed by atoms with Gasteiger partial charge >= 0.3 is 0 Å². The van der Waals surface area contributed by atoms with E-state index >= 15 is 0 Å². The van der Waals surface area contributed by atoms with Crippen LogP contribution >= 0.6 is 0 Å². The number of Topliss-reactive ketones (excluding diaryl/α,β-unsaturated/α-hetero) is 2. The maximum Gasteiger partial charge on any atom is 0.167 e. The molecule has 0 radical (unpaired) electrons. The summed E-state index contributed by atoms with van der Waals surface area (Å²) in [7, 11) is 3.77. The molecule has 0 aromatic carbocycles. The Balaban J connectivity index is 3.75. The third-order valence-corrected chi connectivity index (χ3v) is 10.1. The lowest BCUT2D eigenvalue weighted by Crippen LogP contribution is -2.52.